The third kappa shape index (κ3) is 6.45. The van der Waals surface area contributed by atoms with Crippen molar-refractivity contribution in [3.05, 3.63) is 39.4 Å². The van der Waals surface area contributed by atoms with Gasteiger partial charge >= 0.3 is 0 Å². The van der Waals surface area contributed by atoms with Gasteiger partial charge in [0.25, 0.3) is 5.69 Å². The summed E-state index contributed by atoms with van der Waals surface area (Å²) in [5.74, 6) is -0.296. The third-order valence-corrected chi connectivity index (χ3v) is 3.53. The number of primary amides is 1. The number of nitrogens with zero attached hydrogens (tertiary/aromatic N) is 3. The van der Waals surface area contributed by atoms with E-state index in [1.165, 1.54) is 6.07 Å². The van der Waals surface area contributed by atoms with E-state index in [-0.39, 0.29) is 17.2 Å². The average molecular weight is 318 g/mol. The number of carbonyl (C=O) groups excluding carboxylic acids is 1. The van der Waals surface area contributed by atoms with Crippen LogP contribution in [0.25, 0.3) is 0 Å². The van der Waals surface area contributed by atoms with E-state index in [2.05, 4.69) is 11.8 Å². The molecule has 0 radical (unpaired) electrons. The van der Waals surface area contributed by atoms with E-state index in [0.29, 0.717) is 12.8 Å². The summed E-state index contributed by atoms with van der Waals surface area (Å²) in [7, 11) is 0. The minimum Gasteiger partial charge on any atom is -0.370 e. The van der Waals surface area contributed by atoms with Crippen LogP contribution in [0.4, 0.5) is 5.69 Å². The molecule has 23 heavy (non-hydrogen) atoms. The summed E-state index contributed by atoms with van der Waals surface area (Å²) in [4.78, 5) is 23.3. The molecule has 0 saturated carbocycles. The summed E-state index contributed by atoms with van der Waals surface area (Å²) < 4.78 is 0. The number of nitro benzene ring substituents is 1. The molecule has 1 aromatic carbocycles. The van der Waals surface area contributed by atoms with Crippen molar-refractivity contribution in [1.29, 1.82) is 5.26 Å². The van der Waals surface area contributed by atoms with Gasteiger partial charge in [-0.15, -0.1) is 0 Å². The molecule has 0 aromatic heterocycles. The number of benzene rings is 1. The Morgan fingerprint density at radius 1 is 1.39 bits per heavy atom. The molecule has 0 fully saturated rings. The van der Waals surface area contributed by atoms with Gasteiger partial charge in [0.1, 0.15) is 11.6 Å². The van der Waals surface area contributed by atoms with Crippen molar-refractivity contribution in [2.45, 2.75) is 32.6 Å². The number of hydrogen-bond acceptors (Lipinski definition) is 5. The molecule has 0 aliphatic carbocycles. The molecule has 1 aromatic rings. The van der Waals surface area contributed by atoms with Crippen LogP contribution >= 0.6 is 0 Å². The molecule has 0 bridgehead atoms. The fourth-order valence-corrected chi connectivity index (χ4v) is 2.40. The van der Waals surface area contributed by atoms with Crippen molar-refractivity contribution in [3.63, 3.8) is 0 Å². The van der Waals surface area contributed by atoms with E-state index in [1.807, 2.05) is 6.07 Å². The van der Waals surface area contributed by atoms with Gasteiger partial charge in [0.05, 0.1) is 4.92 Å². The van der Waals surface area contributed by atoms with Crippen LogP contribution in [-0.2, 0) is 11.2 Å². The molecule has 0 aliphatic heterocycles. The van der Waals surface area contributed by atoms with Crippen LogP contribution in [0, 0.1) is 21.4 Å². The number of nitriles is 1. The first-order chi connectivity index (χ1) is 11.0. The topological polar surface area (TPSA) is 113 Å². The minimum atomic E-state index is -0.546. The van der Waals surface area contributed by atoms with Gasteiger partial charge in [-0.3, -0.25) is 14.9 Å². The Morgan fingerprint density at radius 2 is 2.13 bits per heavy atom. The predicted octanol–water partition coefficient (Wildman–Crippen LogP) is 1.99. The van der Waals surface area contributed by atoms with Gasteiger partial charge in [-0.2, -0.15) is 5.26 Å². The first-order valence-electron chi connectivity index (χ1n) is 7.66. The summed E-state index contributed by atoms with van der Waals surface area (Å²) in [5, 5.41) is 19.8. The number of carbonyl (C=O) groups is 1. The normalized spacial score (nSPS) is 10.5. The van der Waals surface area contributed by atoms with Gasteiger partial charge in [0.2, 0.25) is 5.91 Å². The molecule has 7 nitrogen and oxygen atoms in total. The van der Waals surface area contributed by atoms with E-state index >= 15 is 0 Å². The number of nitrogens with two attached hydrogens (primary N) is 1. The Balaban J connectivity index is 2.64. The Labute approximate surface area is 135 Å². The smallest absolute Gasteiger partial charge is 0.287 e. The van der Waals surface area contributed by atoms with E-state index in [0.717, 1.165) is 38.0 Å². The Kier molecular flexibility index (Phi) is 7.71. The Bertz CT molecular complexity index is 595. The van der Waals surface area contributed by atoms with Crippen LogP contribution in [0.15, 0.2) is 18.2 Å². The maximum Gasteiger partial charge on any atom is 0.287 e. The summed E-state index contributed by atoms with van der Waals surface area (Å²) in [6.07, 6.45) is 2.79. The Morgan fingerprint density at radius 3 is 2.70 bits per heavy atom. The van der Waals surface area contributed by atoms with E-state index in [9.17, 15) is 14.9 Å². The van der Waals surface area contributed by atoms with Crippen molar-refractivity contribution >= 4 is 11.6 Å². The molecule has 0 atom stereocenters. The Hall–Kier alpha value is -2.46. The molecule has 0 unspecified atom stereocenters. The maximum atomic E-state index is 10.8. The van der Waals surface area contributed by atoms with Crippen molar-refractivity contribution < 1.29 is 9.72 Å². The fraction of sp³-hybridized carbons (Fsp3) is 0.500. The van der Waals surface area contributed by atoms with E-state index in [1.54, 1.807) is 12.1 Å². The number of amides is 1. The highest BCUT2D eigenvalue weighted by Crippen LogP contribution is 2.19. The number of nitro groups is 1. The standard InChI is InChI=1S/C16H22N4O3/c1-2-8-19(9-3-4-16(18)21)10-7-13-5-6-15(20(22)23)14(11-13)12-17/h5-6,11H,2-4,7-10H2,1H3,(H2,18,21). The molecule has 2 N–H and O–H groups in total. The highest BCUT2D eigenvalue weighted by atomic mass is 16.6. The van der Waals surface area contributed by atoms with Crippen molar-refractivity contribution in [2.24, 2.45) is 5.73 Å². The molecule has 0 aliphatic rings. The second-order valence-corrected chi connectivity index (χ2v) is 5.38. The number of rotatable bonds is 10. The van der Waals surface area contributed by atoms with Crippen molar-refractivity contribution in [2.75, 3.05) is 19.6 Å². The minimum absolute atomic E-state index is 0.0864. The van der Waals surface area contributed by atoms with Crippen LogP contribution in [0.5, 0.6) is 0 Å². The zero-order valence-electron chi connectivity index (χ0n) is 13.3. The zero-order chi connectivity index (χ0) is 17.2. The van der Waals surface area contributed by atoms with Crippen LogP contribution in [0.3, 0.4) is 0 Å². The molecule has 124 valence electrons. The lowest BCUT2D eigenvalue weighted by molar-refractivity contribution is -0.385. The number of hydrogen-bond donors (Lipinski definition) is 1. The second kappa shape index (κ2) is 9.54. The van der Waals surface area contributed by atoms with Crippen LogP contribution in [0.2, 0.25) is 0 Å². The van der Waals surface area contributed by atoms with Gasteiger partial charge < -0.3 is 10.6 Å². The van der Waals surface area contributed by atoms with E-state index in [4.69, 9.17) is 11.0 Å². The lowest BCUT2D eigenvalue weighted by Crippen LogP contribution is -2.29. The summed E-state index contributed by atoms with van der Waals surface area (Å²) >= 11 is 0. The van der Waals surface area contributed by atoms with Gasteiger partial charge in [0.15, 0.2) is 0 Å². The molecular formula is C16H22N4O3. The summed E-state index contributed by atoms with van der Waals surface area (Å²) in [6, 6.07) is 6.51. The van der Waals surface area contributed by atoms with Crippen molar-refractivity contribution in [3.8, 4) is 6.07 Å². The SMILES string of the molecule is CCCN(CCCC(N)=O)CCc1ccc([N+](=O)[O-])c(C#N)c1. The fourth-order valence-electron chi connectivity index (χ4n) is 2.40. The summed E-state index contributed by atoms with van der Waals surface area (Å²) in [6.45, 7) is 4.56. The van der Waals surface area contributed by atoms with E-state index < -0.39 is 4.92 Å². The zero-order valence-corrected chi connectivity index (χ0v) is 13.3. The predicted molar refractivity (Wildman–Crippen MR) is 86.7 cm³/mol. The summed E-state index contributed by atoms with van der Waals surface area (Å²) in [5.41, 5.74) is 5.96. The molecule has 0 saturated heterocycles. The van der Waals surface area contributed by atoms with Gasteiger partial charge in [-0.1, -0.05) is 13.0 Å². The highest BCUT2D eigenvalue weighted by Gasteiger charge is 2.14. The lowest BCUT2D eigenvalue weighted by Gasteiger charge is -2.21. The largest absolute Gasteiger partial charge is 0.370 e. The van der Waals surface area contributed by atoms with Crippen LogP contribution in [-0.4, -0.2) is 35.4 Å². The molecule has 1 amide bonds. The third-order valence-electron chi connectivity index (χ3n) is 3.53. The van der Waals surface area contributed by atoms with Crippen LogP contribution in [0.1, 0.15) is 37.3 Å². The first-order valence-corrected chi connectivity index (χ1v) is 7.66. The monoisotopic (exact) mass is 318 g/mol. The van der Waals surface area contributed by atoms with Crippen LogP contribution < -0.4 is 5.73 Å². The highest BCUT2D eigenvalue weighted by molar-refractivity contribution is 5.73. The quantitative estimate of drug-likeness (QED) is 0.523. The van der Waals surface area contributed by atoms with Gasteiger partial charge in [-0.05, 0) is 44.0 Å². The first kappa shape index (κ1) is 18.6. The second-order valence-electron chi connectivity index (χ2n) is 5.38. The molecule has 7 heteroatoms. The maximum absolute atomic E-state index is 10.8. The van der Waals surface area contributed by atoms with Gasteiger partial charge in [-0.25, -0.2) is 0 Å². The van der Waals surface area contributed by atoms with Gasteiger partial charge in [0, 0.05) is 19.0 Å². The molecule has 0 heterocycles. The average Bonchev–Trinajstić information content (AvgIpc) is 2.51. The molecular weight excluding hydrogens is 296 g/mol. The van der Waals surface area contributed by atoms with Crippen molar-refractivity contribution in [1.82, 2.24) is 4.90 Å². The molecule has 1 rings (SSSR count). The lowest BCUT2D eigenvalue weighted by atomic mass is 10.1. The molecule has 0 spiro atoms.